The molecule has 0 bridgehead atoms. The summed E-state index contributed by atoms with van der Waals surface area (Å²) < 4.78 is 9.10. The van der Waals surface area contributed by atoms with Gasteiger partial charge in [-0.1, -0.05) is 6.92 Å². The smallest absolute Gasteiger partial charge is 0.308 e. The van der Waals surface area contributed by atoms with Crippen molar-refractivity contribution in [2.75, 3.05) is 13.7 Å². The fourth-order valence-electron chi connectivity index (χ4n) is 0.754. The molecule has 0 fully saturated rings. The summed E-state index contributed by atoms with van der Waals surface area (Å²) in [4.78, 5) is 21.7. The maximum absolute atomic E-state index is 10.8. The summed E-state index contributed by atoms with van der Waals surface area (Å²) >= 11 is 0. The van der Waals surface area contributed by atoms with Crippen molar-refractivity contribution < 1.29 is 19.1 Å². The number of ether oxygens (including phenoxy) is 2. The molecule has 4 heteroatoms. The summed E-state index contributed by atoms with van der Waals surface area (Å²) in [6.07, 6.45) is 0.0838. The largest absolute Gasteiger partial charge is 0.469 e. The van der Waals surface area contributed by atoms with Gasteiger partial charge in [0.2, 0.25) is 0 Å². The highest BCUT2D eigenvalue weighted by Gasteiger charge is 2.17. The summed E-state index contributed by atoms with van der Waals surface area (Å²) in [6, 6.07) is 0. The van der Waals surface area contributed by atoms with Crippen LogP contribution in [-0.2, 0) is 19.1 Å². The fourth-order valence-corrected chi connectivity index (χ4v) is 0.754. The van der Waals surface area contributed by atoms with E-state index in [0.29, 0.717) is 6.61 Å². The van der Waals surface area contributed by atoms with Gasteiger partial charge in [0.05, 0.1) is 26.1 Å². The van der Waals surface area contributed by atoms with Crippen LogP contribution >= 0.6 is 0 Å². The first-order valence-corrected chi connectivity index (χ1v) is 3.85. The van der Waals surface area contributed by atoms with Crippen LogP contribution < -0.4 is 0 Å². The van der Waals surface area contributed by atoms with Crippen molar-refractivity contribution in [2.45, 2.75) is 20.3 Å². The molecule has 0 saturated heterocycles. The summed E-state index contributed by atoms with van der Waals surface area (Å²) in [6.45, 7) is 3.69. The van der Waals surface area contributed by atoms with Crippen LogP contribution in [-0.4, -0.2) is 25.7 Å². The third kappa shape index (κ3) is 3.95. The van der Waals surface area contributed by atoms with Gasteiger partial charge in [-0.15, -0.1) is 0 Å². The molecule has 1 atom stereocenters. The Morgan fingerprint density at radius 1 is 1.42 bits per heavy atom. The van der Waals surface area contributed by atoms with Crippen LogP contribution in [0.3, 0.4) is 0 Å². The lowest BCUT2D eigenvalue weighted by Crippen LogP contribution is -2.18. The van der Waals surface area contributed by atoms with Crippen LogP contribution in [0.2, 0.25) is 0 Å². The van der Waals surface area contributed by atoms with E-state index in [9.17, 15) is 9.59 Å². The van der Waals surface area contributed by atoms with Gasteiger partial charge >= 0.3 is 11.9 Å². The maximum Gasteiger partial charge on any atom is 0.308 e. The number of hydrogen-bond donors (Lipinski definition) is 0. The van der Waals surface area contributed by atoms with Crippen molar-refractivity contribution in [3.05, 3.63) is 0 Å². The van der Waals surface area contributed by atoms with Gasteiger partial charge in [-0.2, -0.15) is 0 Å². The molecule has 4 nitrogen and oxygen atoms in total. The van der Waals surface area contributed by atoms with Crippen molar-refractivity contribution in [1.29, 1.82) is 0 Å². The molecule has 0 aliphatic rings. The highest BCUT2D eigenvalue weighted by Crippen LogP contribution is 2.04. The number of rotatable bonds is 4. The van der Waals surface area contributed by atoms with Gasteiger partial charge in [0.25, 0.3) is 0 Å². The molecule has 0 aliphatic heterocycles. The zero-order valence-electron chi connectivity index (χ0n) is 7.62. The topological polar surface area (TPSA) is 52.6 Å². The van der Waals surface area contributed by atoms with E-state index >= 15 is 0 Å². The number of carbonyl (C=O) groups excluding carboxylic acids is 2. The molecule has 0 spiro atoms. The molecule has 70 valence electrons. The first-order valence-electron chi connectivity index (χ1n) is 3.85. The Balaban J connectivity index is 3.75. The Morgan fingerprint density at radius 2 is 2.00 bits per heavy atom. The predicted octanol–water partition coefficient (Wildman–Crippen LogP) is 0.749. The molecular formula is C8H14O4. The van der Waals surface area contributed by atoms with Crippen molar-refractivity contribution in [1.82, 2.24) is 0 Å². The normalized spacial score (nSPS) is 11.9. The van der Waals surface area contributed by atoms with E-state index in [1.54, 1.807) is 13.8 Å². The summed E-state index contributed by atoms with van der Waals surface area (Å²) in [5.74, 6) is -1.17. The molecule has 0 amide bonds. The molecule has 12 heavy (non-hydrogen) atoms. The van der Waals surface area contributed by atoms with Crippen LogP contribution in [0, 0.1) is 5.92 Å². The molecule has 0 aliphatic carbocycles. The third-order valence-electron chi connectivity index (χ3n) is 1.38. The zero-order chi connectivity index (χ0) is 9.56. The standard InChI is InChI=1S/C8H14O4/c1-4-12-7(9)5-6(2)8(10)11-3/h6H,4-5H2,1-3H3. The van der Waals surface area contributed by atoms with Crippen LogP contribution in [0.15, 0.2) is 0 Å². The molecule has 0 rings (SSSR count). The SMILES string of the molecule is CCOC(=O)CC(C)C(=O)OC. The zero-order valence-corrected chi connectivity index (χ0v) is 7.62. The molecule has 0 heterocycles. The van der Waals surface area contributed by atoms with Crippen LogP contribution in [0.5, 0.6) is 0 Å². The Morgan fingerprint density at radius 3 is 2.42 bits per heavy atom. The van der Waals surface area contributed by atoms with E-state index in [2.05, 4.69) is 9.47 Å². The van der Waals surface area contributed by atoms with Crippen molar-refractivity contribution in [3.63, 3.8) is 0 Å². The number of methoxy groups -OCH3 is 1. The van der Waals surface area contributed by atoms with E-state index in [4.69, 9.17) is 0 Å². The van der Waals surface area contributed by atoms with Gasteiger partial charge in [-0.05, 0) is 6.92 Å². The van der Waals surface area contributed by atoms with Crippen molar-refractivity contribution >= 4 is 11.9 Å². The highest BCUT2D eigenvalue weighted by molar-refractivity contribution is 5.79. The number of esters is 2. The first kappa shape index (κ1) is 10.9. The summed E-state index contributed by atoms with van der Waals surface area (Å²) in [5.41, 5.74) is 0. The Bertz CT molecular complexity index is 164. The van der Waals surface area contributed by atoms with Gasteiger partial charge in [-0.3, -0.25) is 9.59 Å². The minimum absolute atomic E-state index is 0.0838. The lowest BCUT2D eigenvalue weighted by Gasteiger charge is -2.07. The molecule has 0 radical (unpaired) electrons. The Hall–Kier alpha value is -1.06. The van der Waals surface area contributed by atoms with Gasteiger partial charge < -0.3 is 9.47 Å². The van der Waals surface area contributed by atoms with E-state index < -0.39 is 5.92 Å². The van der Waals surface area contributed by atoms with Crippen LogP contribution in [0.25, 0.3) is 0 Å². The van der Waals surface area contributed by atoms with Gasteiger partial charge in [0.1, 0.15) is 0 Å². The van der Waals surface area contributed by atoms with Gasteiger partial charge in [0.15, 0.2) is 0 Å². The predicted molar refractivity (Wildman–Crippen MR) is 42.4 cm³/mol. The lowest BCUT2D eigenvalue weighted by atomic mass is 10.1. The average molecular weight is 174 g/mol. The average Bonchev–Trinajstić information content (AvgIpc) is 2.03. The second-order valence-electron chi connectivity index (χ2n) is 2.43. The molecule has 0 aromatic carbocycles. The van der Waals surface area contributed by atoms with Gasteiger partial charge in [-0.25, -0.2) is 0 Å². The molecule has 0 aromatic heterocycles. The van der Waals surface area contributed by atoms with Crippen LogP contribution in [0.4, 0.5) is 0 Å². The van der Waals surface area contributed by atoms with E-state index in [1.807, 2.05) is 0 Å². The second-order valence-corrected chi connectivity index (χ2v) is 2.43. The molecule has 0 aromatic rings. The Labute approximate surface area is 71.8 Å². The molecular weight excluding hydrogens is 160 g/mol. The van der Waals surface area contributed by atoms with Crippen molar-refractivity contribution in [2.24, 2.45) is 5.92 Å². The highest BCUT2D eigenvalue weighted by atomic mass is 16.5. The monoisotopic (exact) mass is 174 g/mol. The molecule has 1 unspecified atom stereocenters. The third-order valence-corrected chi connectivity index (χ3v) is 1.38. The minimum atomic E-state index is -0.422. The summed E-state index contributed by atoms with van der Waals surface area (Å²) in [7, 11) is 1.30. The summed E-state index contributed by atoms with van der Waals surface area (Å²) in [5, 5.41) is 0. The van der Waals surface area contributed by atoms with E-state index in [1.165, 1.54) is 7.11 Å². The minimum Gasteiger partial charge on any atom is -0.469 e. The van der Waals surface area contributed by atoms with E-state index in [-0.39, 0.29) is 18.4 Å². The van der Waals surface area contributed by atoms with Crippen molar-refractivity contribution in [3.8, 4) is 0 Å². The first-order chi connectivity index (χ1) is 5.61. The number of carbonyl (C=O) groups is 2. The molecule has 0 N–H and O–H groups in total. The maximum atomic E-state index is 10.8. The Kier molecular flexibility index (Phi) is 5.08. The fraction of sp³-hybridized carbons (Fsp3) is 0.750. The van der Waals surface area contributed by atoms with E-state index in [0.717, 1.165) is 0 Å². The quantitative estimate of drug-likeness (QED) is 0.590. The number of hydrogen-bond acceptors (Lipinski definition) is 4. The second kappa shape index (κ2) is 5.57. The van der Waals surface area contributed by atoms with Gasteiger partial charge in [0, 0.05) is 0 Å². The molecule has 0 saturated carbocycles. The lowest BCUT2D eigenvalue weighted by molar-refractivity contribution is -0.152. The van der Waals surface area contributed by atoms with Crippen LogP contribution in [0.1, 0.15) is 20.3 Å².